The van der Waals surface area contributed by atoms with Crippen LogP contribution in [-0.4, -0.2) is 15.0 Å². The summed E-state index contributed by atoms with van der Waals surface area (Å²) in [5.74, 6) is -0.452. The van der Waals surface area contributed by atoms with Crippen molar-refractivity contribution in [3.8, 4) is 0 Å². The number of oxazole rings is 1. The SMILES string of the molecule is Cc1cc(Cc2cccc3[nH]c(=O)[nH]c23)cc2[nH]c(=O)oc12. The topological polar surface area (TPSA) is 94.6 Å². The van der Waals surface area contributed by atoms with Gasteiger partial charge in [-0.25, -0.2) is 9.59 Å². The second-order valence-electron chi connectivity index (χ2n) is 5.40. The highest BCUT2D eigenvalue weighted by Gasteiger charge is 2.09. The molecule has 6 nitrogen and oxygen atoms in total. The maximum absolute atomic E-state index is 11.5. The number of aromatic amines is 3. The Morgan fingerprint density at radius 2 is 1.91 bits per heavy atom. The number of fused-ring (bicyclic) bond motifs is 2. The lowest BCUT2D eigenvalue weighted by atomic mass is 10.0. The Labute approximate surface area is 123 Å². The van der Waals surface area contributed by atoms with E-state index in [1.807, 2.05) is 37.3 Å². The monoisotopic (exact) mass is 295 g/mol. The number of nitrogens with one attached hydrogen (secondary N) is 3. The largest absolute Gasteiger partial charge is 0.417 e. The van der Waals surface area contributed by atoms with E-state index in [1.165, 1.54) is 0 Å². The van der Waals surface area contributed by atoms with E-state index in [-0.39, 0.29) is 5.69 Å². The molecule has 0 fully saturated rings. The Bertz CT molecular complexity index is 1110. The molecule has 0 unspecified atom stereocenters. The predicted molar refractivity (Wildman–Crippen MR) is 83.3 cm³/mol. The summed E-state index contributed by atoms with van der Waals surface area (Å²) in [6.07, 6.45) is 0.648. The molecule has 0 saturated carbocycles. The minimum atomic E-state index is -0.452. The lowest BCUT2D eigenvalue weighted by Gasteiger charge is -2.05. The maximum atomic E-state index is 11.5. The van der Waals surface area contributed by atoms with E-state index in [0.29, 0.717) is 17.5 Å². The van der Waals surface area contributed by atoms with Crippen molar-refractivity contribution >= 4 is 22.1 Å². The van der Waals surface area contributed by atoms with Crippen LogP contribution in [0.4, 0.5) is 0 Å². The molecule has 0 aliphatic heterocycles. The molecule has 0 radical (unpaired) electrons. The first-order valence-corrected chi connectivity index (χ1v) is 6.92. The highest BCUT2D eigenvalue weighted by atomic mass is 16.4. The molecule has 2 heterocycles. The second-order valence-corrected chi connectivity index (χ2v) is 5.40. The third-order valence-electron chi connectivity index (χ3n) is 3.80. The van der Waals surface area contributed by atoms with Gasteiger partial charge in [0, 0.05) is 0 Å². The number of benzene rings is 2. The van der Waals surface area contributed by atoms with Gasteiger partial charge in [0.2, 0.25) is 0 Å². The highest BCUT2D eigenvalue weighted by molar-refractivity contribution is 5.80. The van der Waals surface area contributed by atoms with E-state index >= 15 is 0 Å². The molecular weight excluding hydrogens is 282 g/mol. The molecule has 6 heteroatoms. The van der Waals surface area contributed by atoms with E-state index in [9.17, 15) is 9.59 Å². The van der Waals surface area contributed by atoms with Crippen LogP contribution in [0.15, 0.2) is 44.3 Å². The number of rotatable bonds is 2. The summed E-state index contributed by atoms with van der Waals surface area (Å²) in [7, 11) is 0. The van der Waals surface area contributed by atoms with E-state index in [4.69, 9.17) is 4.42 Å². The maximum Gasteiger partial charge on any atom is 0.417 e. The summed E-state index contributed by atoms with van der Waals surface area (Å²) in [6.45, 7) is 1.90. The zero-order valence-corrected chi connectivity index (χ0v) is 11.8. The van der Waals surface area contributed by atoms with E-state index in [1.54, 1.807) is 0 Å². The smallest absolute Gasteiger partial charge is 0.408 e. The molecule has 0 spiro atoms. The Balaban J connectivity index is 1.85. The van der Waals surface area contributed by atoms with Gasteiger partial charge >= 0.3 is 11.4 Å². The Hall–Kier alpha value is -3.02. The van der Waals surface area contributed by atoms with E-state index in [0.717, 1.165) is 27.7 Å². The van der Waals surface area contributed by atoms with Crippen molar-refractivity contribution < 1.29 is 4.42 Å². The van der Waals surface area contributed by atoms with Gasteiger partial charge in [0.05, 0.1) is 16.6 Å². The number of para-hydroxylation sites is 1. The average molecular weight is 295 g/mol. The summed E-state index contributed by atoms with van der Waals surface area (Å²) in [6, 6.07) is 9.63. The quantitative estimate of drug-likeness (QED) is 0.529. The van der Waals surface area contributed by atoms with Crippen LogP contribution in [0.5, 0.6) is 0 Å². The highest BCUT2D eigenvalue weighted by Crippen LogP contribution is 2.22. The Kier molecular flexibility index (Phi) is 2.59. The van der Waals surface area contributed by atoms with Crippen molar-refractivity contribution in [1.82, 2.24) is 15.0 Å². The molecule has 0 atom stereocenters. The molecule has 0 amide bonds. The molecule has 110 valence electrons. The molecule has 3 N–H and O–H groups in total. The van der Waals surface area contributed by atoms with Crippen LogP contribution in [-0.2, 0) is 6.42 Å². The number of hydrogen-bond donors (Lipinski definition) is 3. The van der Waals surface area contributed by atoms with E-state index < -0.39 is 5.76 Å². The lowest BCUT2D eigenvalue weighted by Crippen LogP contribution is -1.99. The normalized spacial score (nSPS) is 11.5. The molecule has 0 aliphatic rings. The van der Waals surface area contributed by atoms with Crippen LogP contribution in [0.2, 0.25) is 0 Å². The zero-order chi connectivity index (χ0) is 15.3. The van der Waals surface area contributed by atoms with Crippen molar-refractivity contribution in [2.75, 3.05) is 0 Å². The van der Waals surface area contributed by atoms with Gasteiger partial charge in [-0.15, -0.1) is 0 Å². The summed E-state index contributed by atoms with van der Waals surface area (Å²) < 4.78 is 5.11. The summed E-state index contributed by atoms with van der Waals surface area (Å²) in [5.41, 5.74) is 5.62. The third-order valence-corrected chi connectivity index (χ3v) is 3.80. The van der Waals surface area contributed by atoms with E-state index in [2.05, 4.69) is 15.0 Å². The van der Waals surface area contributed by atoms with Crippen molar-refractivity contribution in [3.05, 3.63) is 68.1 Å². The zero-order valence-electron chi connectivity index (χ0n) is 11.8. The van der Waals surface area contributed by atoms with Crippen molar-refractivity contribution in [1.29, 1.82) is 0 Å². The molecule has 2 aromatic heterocycles. The average Bonchev–Trinajstić information content (AvgIpc) is 3.01. The fourth-order valence-electron chi connectivity index (χ4n) is 2.89. The minimum absolute atomic E-state index is 0.215. The van der Waals surface area contributed by atoms with Gasteiger partial charge in [0.25, 0.3) is 0 Å². The first kappa shape index (κ1) is 12.7. The van der Waals surface area contributed by atoms with Gasteiger partial charge < -0.3 is 14.4 Å². The third kappa shape index (κ3) is 1.96. The molecule has 2 aromatic carbocycles. The van der Waals surface area contributed by atoms with Gasteiger partial charge in [0.1, 0.15) is 0 Å². The number of aromatic nitrogens is 3. The first-order valence-electron chi connectivity index (χ1n) is 6.92. The fraction of sp³-hybridized carbons (Fsp3) is 0.125. The van der Waals surface area contributed by atoms with Gasteiger partial charge in [-0.3, -0.25) is 4.98 Å². The molecule has 4 rings (SSSR count). The molecule has 0 saturated heterocycles. The van der Waals surface area contributed by atoms with Gasteiger partial charge in [-0.2, -0.15) is 0 Å². The number of hydrogen-bond acceptors (Lipinski definition) is 3. The minimum Gasteiger partial charge on any atom is -0.408 e. The molecule has 22 heavy (non-hydrogen) atoms. The Morgan fingerprint density at radius 3 is 2.77 bits per heavy atom. The van der Waals surface area contributed by atoms with Crippen LogP contribution in [0, 0.1) is 6.92 Å². The number of imidazole rings is 1. The van der Waals surface area contributed by atoms with Crippen LogP contribution >= 0.6 is 0 Å². The van der Waals surface area contributed by atoms with Crippen LogP contribution < -0.4 is 11.4 Å². The van der Waals surface area contributed by atoms with Gasteiger partial charge in [0.15, 0.2) is 5.58 Å². The molecular formula is C16H13N3O3. The Morgan fingerprint density at radius 1 is 1.05 bits per heavy atom. The first-order chi connectivity index (χ1) is 10.6. The summed E-state index contributed by atoms with van der Waals surface area (Å²) >= 11 is 0. The summed E-state index contributed by atoms with van der Waals surface area (Å²) in [4.78, 5) is 31.0. The van der Waals surface area contributed by atoms with Crippen LogP contribution in [0.25, 0.3) is 22.1 Å². The fourth-order valence-corrected chi connectivity index (χ4v) is 2.89. The molecule has 0 aliphatic carbocycles. The van der Waals surface area contributed by atoms with Crippen LogP contribution in [0.3, 0.4) is 0 Å². The summed E-state index contributed by atoms with van der Waals surface area (Å²) in [5, 5.41) is 0. The lowest BCUT2D eigenvalue weighted by molar-refractivity contribution is 0.553. The van der Waals surface area contributed by atoms with Gasteiger partial charge in [-0.1, -0.05) is 18.2 Å². The van der Waals surface area contributed by atoms with Crippen molar-refractivity contribution in [2.45, 2.75) is 13.3 Å². The second kappa shape index (κ2) is 4.49. The van der Waals surface area contributed by atoms with Crippen LogP contribution in [0.1, 0.15) is 16.7 Å². The number of aryl methyl sites for hydroxylation is 1. The standard InChI is InChI=1S/C16H13N3O3/c1-8-5-9(7-12-14(8)22-16(21)18-12)6-10-3-2-4-11-13(10)19-15(20)17-11/h2-5,7H,6H2,1H3,(H,18,21)(H2,17,19,20). The molecule has 4 aromatic rings. The molecule has 0 bridgehead atoms. The predicted octanol–water partition coefficient (Wildman–Crippen LogP) is 2.19. The number of H-pyrrole nitrogens is 3. The van der Waals surface area contributed by atoms with Gasteiger partial charge in [-0.05, 0) is 42.2 Å². The van der Waals surface area contributed by atoms with Crippen molar-refractivity contribution in [3.63, 3.8) is 0 Å². The van der Waals surface area contributed by atoms with Crippen molar-refractivity contribution in [2.24, 2.45) is 0 Å².